The third-order valence-electron chi connectivity index (χ3n) is 2.33. The van der Waals surface area contributed by atoms with Gasteiger partial charge in [-0.3, -0.25) is 0 Å². The summed E-state index contributed by atoms with van der Waals surface area (Å²) >= 11 is 7.90. The Hall–Kier alpha value is -0.730. The van der Waals surface area contributed by atoms with Gasteiger partial charge in [-0.2, -0.15) is 0 Å². The first kappa shape index (κ1) is 9.81. The molecule has 0 spiro atoms. The predicted octanol–water partition coefficient (Wildman–Crippen LogP) is 4.13. The summed E-state index contributed by atoms with van der Waals surface area (Å²) in [5.74, 6) is 0.912. The molecule has 0 saturated heterocycles. The van der Waals surface area contributed by atoms with Crippen LogP contribution in [0.1, 0.15) is 12.5 Å². The van der Waals surface area contributed by atoms with Gasteiger partial charge in [0.25, 0.3) is 0 Å². The van der Waals surface area contributed by atoms with Crippen LogP contribution in [-0.2, 0) is 6.42 Å². The molecule has 1 aromatic heterocycles. The van der Waals surface area contributed by atoms with Crippen molar-refractivity contribution in [2.75, 3.05) is 7.11 Å². The summed E-state index contributed by atoms with van der Waals surface area (Å²) in [6.07, 6.45) is 0.967. The van der Waals surface area contributed by atoms with Crippen LogP contribution in [0.15, 0.2) is 17.5 Å². The molecule has 1 heterocycles. The van der Waals surface area contributed by atoms with Gasteiger partial charge >= 0.3 is 0 Å². The van der Waals surface area contributed by atoms with E-state index in [0.29, 0.717) is 0 Å². The third kappa shape index (κ3) is 1.39. The average molecular weight is 227 g/mol. The lowest BCUT2D eigenvalue weighted by Gasteiger charge is -2.02. The number of hydrogen-bond acceptors (Lipinski definition) is 2. The summed E-state index contributed by atoms with van der Waals surface area (Å²) < 4.78 is 6.38. The van der Waals surface area contributed by atoms with Crippen LogP contribution in [0.25, 0.3) is 10.1 Å². The van der Waals surface area contributed by atoms with Crippen LogP contribution in [0.5, 0.6) is 5.75 Å². The predicted molar refractivity (Wildman–Crippen MR) is 62.8 cm³/mol. The van der Waals surface area contributed by atoms with Gasteiger partial charge in [0.1, 0.15) is 5.75 Å². The van der Waals surface area contributed by atoms with E-state index in [2.05, 4.69) is 19.1 Å². The summed E-state index contributed by atoms with van der Waals surface area (Å²) in [6.45, 7) is 2.11. The maximum atomic E-state index is 6.27. The van der Waals surface area contributed by atoms with Crippen molar-refractivity contribution >= 4 is 33.0 Å². The smallest absolute Gasteiger partial charge is 0.137 e. The zero-order chi connectivity index (χ0) is 10.1. The van der Waals surface area contributed by atoms with Crippen molar-refractivity contribution in [3.8, 4) is 5.75 Å². The summed E-state index contributed by atoms with van der Waals surface area (Å²) in [6, 6.07) is 4.15. The normalized spacial score (nSPS) is 10.8. The first-order valence-electron chi connectivity index (χ1n) is 4.50. The van der Waals surface area contributed by atoms with Crippen molar-refractivity contribution < 1.29 is 4.74 Å². The molecule has 0 radical (unpaired) electrons. The molecule has 2 rings (SSSR count). The van der Waals surface area contributed by atoms with Crippen molar-refractivity contribution in [3.05, 3.63) is 28.1 Å². The summed E-state index contributed by atoms with van der Waals surface area (Å²) in [5, 5.41) is 3.98. The summed E-state index contributed by atoms with van der Waals surface area (Å²) in [5.41, 5.74) is 1.20. The van der Waals surface area contributed by atoms with Crippen molar-refractivity contribution in [2.24, 2.45) is 0 Å². The Bertz CT molecular complexity index is 462. The van der Waals surface area contributed by atoms with Gasteiger partial charge in [0.05, 0.1) is 16.8 Å². The van der Waals surface area contributed by atoms with Gasteiger partial charge in [0.15, 0.2) is 0 Å². The van der Waals surface area contributed by atoms with Crippen LogP contribution in [0, 0.1) is 0 Å². The zero-order valence-electron chi connectivity index (χ0n) is 8.13. The Morgan fingerprint density at radius 2 is 2.21 bits per heavy atom. The van der Waals surface area contributed by atoms with Gasteiger partial charge in [-0.15, -0.1) is 11.3 Å². The highest BCUT2D eigenvalue weighted by Crippen LogP contribution is 2.38. The number of hydrogen-bond donors (Lipinski definition) is 0. The molecule has 0 saturated carbocycles. The first-order chi connectivity index (χ1) is 6.77. The molecule has 0 aliphatic heterocycles. The maximum Gasteiger partial charge on any atom is 0.137 e. The third-order valence-corrected chi connectivity index (χ3v) is 3.86. The van der Waals surface area contributed by atoms with Crippen molar-refractivity contribution in [1.29, 1.82) is 0 Å². The Kier molecular flexibility index (Phi) is 2.66. The van der Waals surface area contributed by atoms with E-state index >= 15 is 0 Å². The highest BCUT2D eigenvalue weighted by atomic mass is 35.5. The molecule has 1 aromatic carbocycles. The second-order valence-electron chi connectivity index (χ2n) is 3.07. The summed E-state index contributed by atoms with van der Waals surface area (Å²) in [4.78, 5) is 0. The molecule has 0 atom stereocenters. The number of methoxy groups -OCH3 is 1. The standard InChI is InChI=1S/C11H11ClOS/c1-3-7-4-5-8-9(13-2)6-14-11(8)10(7)12/h4-6H,3H2,1-2H3. The molecule has 0 N–H and O–H groups in total. The molecule has 0 bridgehead atoms. The molecular weight excluding hydrogens is 216 g/mol. The van der Waals surface area contributed by atoms with Crippen LogP contribution in [0.2, 0.25) is 5.02 Å². The Morgan fingerprint density at radius 1 is 1.43 bits per heavy atom. The average Bonchev–Trinajstić information content (AvgIpc) is 2.62. The van der Waals surface area contributed by atoms with E-state index in [4.69, 9.17) is 16.3 Å². The number of ether oxygens (including phenoxy) is 1. The quantitative estimate of drug-likeness (QED) is 0.749. The molecule has 1 nitrogen and oxygen atoms in total. The summed E-state index contributed by atoms with van der Waals surface area (Å²) in [7, 11) is 1.68. The second-order valence-corrected chi connectivity index (χ2v) is 4.33. The Labute approximate surface area is 92.3 Å². The van der Waals surface area contributed by atoms with Crippen molar-refractivity contribution in [2.45, 2.75) is 13.3 Å². The van der Waals surface area contributed by atoms with E-state index in [1.54, 1.807) is 18.4 Å². The van der Waals surface area contributed by atoms with E-state index in [1.165, 1.54) is 5.56 Å². The van der Waals surface area contributed by atoms with E-state index < -0.39 is 0 Å². The number of thiophene rings is 1. The minimum Gasteiger partial charge on any atom is -0.495 e. The number of rotatable bonds is 2. The molecule has 0 aliphatic rings. The molecule has 0 fully saturated rings. The fourth-order valence-electron chi connectivity index (χ4n) is 1.51. The number of benzene rings is 1. The highest BCUT2D eigenvalue weighted by molar-refractivity contribution is 7.18. The monoisotopic (exact) mass is 226 g/mol. The van der Waals surface area contributed by atoms with Crippen LogP contribution >= 0.6 is 22.9 Å². The molecule has 0 aliphatic carbocycles. The minimum atomic E-state index is 0.873. The highest BCUT2D eigenvalue weighted by Gasteiger charge is 2.09. The van der Waals surface area contributed by atoms with Crippen molar-refractivity contribution in [1.82, 2.24) is 0 Å². The molecule has 0 amide bonds. The Morgan fingerprint density at radius 3 is 2.86 bits per heavy atom. The van der Waals surface area contributed by atoms with E-state index in [9.17, 15) is 0 Å². The van der Waals surface area contributed by atoms with Gasteiger partial charge in [-0.1, -0.05) is 24.6 Å². The maximum absolute atomic E-state index is 6.27. The fourth-order valence-corrected chi connectivity index (χ4v) is 2.92. The van der Waals surface area contributed by atoms with Gasteiger partial charge in [0, 0.05) is 10.8 Å². The van der Waals surface area contributed by atoms with Gasteiger partial charge in [0.2, 0.25) is 0 Å². The number of fused-ring (bicyclic) bond motifs is 1. The SMILES string of the molecule is CCc1ccc2c(OC)csc2c1Cl. The van der Waals surface area contributed by atoms with Crippen molar-refractivity contribution in [3.63, 3.8) is 0 Å². The van der Waals surface area contributed by atoms with Crippen LogP contribution in [-0.4, -0.2) is 7.11 Å². The van der Waals surface area contributed by atoms with E-state index in [1.807, 2.05) is 5.38 Å². The Balaban J connectivity index is 2.72. The van der Waals surface area contributed by atoms with E-state index in [-0.39, 0.29) is 0 Å². The number of aryl methyl sites for hydroxylation is 1. The molecule has 3 heteroatoms. The first-order valence-corrected chi connectivity index (χ1v) is 5.76. The fraction of sp³-hybridized carbons (Fsp3) is 0.273. The van der Waals surface area contributed by atoms with E-state index in [0.717, 1.165) is 27.3 Å². The topological polar surface area (TPSA) is 9.23 Å². The van der Waals surface area contributed by atoms with Crippen LogP contribution in [0.3, 0.4) is 0 Å². The minimum absolute atomic E-state index is 0.873. The second kappa shape index (κ2) is 3.79. The largest absolute Gasteiger partial charge is 0.495 e. The zero-order valence-corrected chi connectivity index (χ0v) is 9.71. The molecular formula is C11H11ClOS. The van der Waals surface area contributed by atoms with Crippen LogP contribution in [0.4, 0.5) is 0 Å². The molecule has 74 valence electrons. The van der Waals surface area contributed by atoms with Crippen LogP contribution < -0.4 is 4.74 Å². The van der Waals surface area contributed by atoms with Gasteiger partial charge in [-0.25, -0.2) is 0 Å². The molecule has 14 heavy (non-hydrogen) atoms. The molecule has 2 aromatic rings. The lowest BCUT2D eigenvalue weighted by Crippen LogP contribution is -1.83. The van der Waals surface area contributed by atoms with Gasteiger partial charge in [-0.05, 0) is 18.1 Å². The lowest BCUT2D eigenvalue weighted by atomic mass is 10.1. The lowest BCUT2D eigenvalue weighted by molar-refractivity contribution is 0.421. The number of halogens is 1. The molecule has 0 unspecified atom stereocenters. The van der Waals surface area contributed by atoms with Gasteiger partial charge < -0.3 is 4.74 Å².